The smallest absolute Gasteiger partial charge is 0.375 e. The summed E-state index contributed by atoms with van der Waals surface area (Å²) in [5.74, 6) is -0.411. The first-order chi connectivity index (χ1) is 10.6. The molecule has 1 aliphatic heterocycles. The van der Waals surface area contributed by atoms with Crippen LogP contribution in [0.4, 0.5) is 0 Å². The van der Waals surface area contributed by atoms with E-state index in [9.17, 15) is 9.59 Å². The molecule has 0 spiro atoms. The Morgan fingerprint density at radius 1 is 1.36 bits per heavy atom. The van der Waals surface area contributed by atoms with Gasteiger partial charge >= 0.3 is 5.76 Å². The van der Waals surface area contributed by atoms with E-state index >= 15 is 0 Å². The summed E-state index contributed by atoms with van der Waals surface area (Å²) in [5.41, 5.74) is 0.733. The maximum Gasteiger partial charge on any atom is 0.442 e. The number of amides is 1. The van der Waals surface area contributed by atoms with E-state index in [1.54, 1.807) is 4.90 Å². The van der Waals surface area contributed by atoms with Gasteiger partial charge < -0.3 is 9.64 Å². The Balaban J connectivity index is 1.82. The van der Waals surface area contributed by atoms with Gasteiger partial charge in [-0.05, 0) is 6.92 Å². The van der Waals surface area contributed by atoms with E-state index in [2.05, 4.69) is 5.16 Å². The second-order valence-corrected chi connectivity index (χ2v) is 5.25. The molecule has 1 aromatic carbocycles. The zero-order chi connectivity index (χ0) is 15.5. The molecule has 0 radical (unpaired) electrons. The molecule has 116 valence electrons. The SMILES string of the molecule is C[C@H]1CN(C(=O)Cn2c(-c3ccccc3)noc2=O)CCO1. The van der Waals surface area contributed by atoms with Crippen LogP contribution in [-0.4, -0.2) is 46.3 Å². The van der Waals surface area contributed by atoms with Crippen molar-refractivity contribution < 1.29 is 14.1 Å². The Morgan fingerprint density at radius 2 is 2.14 bits per heavy atom. The summed E-state index contributed by atoms with van der Waals surface area (Å²) >= 11 is 0. The van der Waals surface area contributed by atoms with Crippen LogP contribution in [-0.2, 0) is 16.1 Å². The minimum Gasteiger partial charge on any atom is -0.375 e. The minimum absolute atomic E-state index is 0.00508. The molecule has 7 nitrogen and oxygen atoms in total. The van der Waals surface area contributed by atoms with Gasteiger partial charge in [0.1, 0.15) is 6.54 Å². The highest BCUT2D eigenvalue weighted by atomic mass is 16.5. The van der Waals surface area contributed by atoms with E-state index in [-0.39, 0.29) is 18.6 Å². The van der Waals surface area contributed by atoms with Crippen molar-refractivity contribution >= 4 is 5.91 Å². The van der Waals surface area contributed by atoms with Gasteiger partial charge in [0, 0.05) is 18.7 Å². The molecule has 2 aromatic rings. The van der Waals surface area contributed by atoms with Gasteiger partial charge in [-0.15, -0.1) is 0 Å². The number of nitrogens with zero attached hydrogens (tertiary/aromatic N) is 3. The van der Waals surface area contributed by atoms with Crippen LogP contribution in [0.15, 0.2) is 39.6 Å². The van der Waals surface area contributed by atoms with Crippen LogP contribution in [0.2, 0.25) is 0 Å². The predicted octanol–water partition coefficient (Wildman–Crippen LogP) is 0.751. The zero-order valence-corrected chi connectivity index (χ0v) is 12.3. The average molecular weight is 303 g/mol. The summed E-state index contributed by atoms with van der Waals surface area (Å²) in [6, 6.07) is 9.17. The van der Waals surface area contributed by atoms with Crippen molar-refractivity contribution in [1.29, 1.82) is 0 Å². The molecule has 0 aliphatic carbocycles. The highest BCUT2D eigenvalue weighted by Gasteiger charge is 2.24. The molecule has 3 rings (SSSR count). The van der Waals surface area contributed by atoms with Crippen molar-refractivity contribution in [2.45, 2.75) is 19.6 Å². The van der Waals surface area contributed by atoms with Crippen LogP contribution >= 0.6 is 0 Å². The third kappa shape index (κ3) is 2.94. The third-order valence-corrected chi connectivity index (χ3v) is 3.61. The monoisotopic (exact) mass is 303 g/mol. The molecule has 1 fully saturated rings. The van der Waals surface area contributed by atoms with Crippen LogP contribution in [0.25, 0.3) is 11.4 Å². The summed E-state index contributed by atoms with van der Waals surface area (Å²) in [7, 11) is 0. The highest BCUT2D eigenvalue weighted by molar-refractivity contribution is 5.76. The van der Waals surface area contributed by atoms with Gasteiger partial charge in [-0.3, -0.25) is 9.32 Å². The van der Waals surface area contributed by atoms with Gasteiger partial charge in [0.25, 0.3) is 0 Å². The lowest BCUT2D eigenvalue weighted by Crippen LogP contribution is -2.46. The largest absolute Gasteiger partial charge is 0.442 e. The second kappa shape index (κ2) is 6.15. The van der Waals surface area contributed by atoms with Crippen molar-refractivity contribution in [3.05, 3.63) is 40.9 Å². The van der Waals surface area contributed by atoms with E-state index in [1.165, 1.54) is 4.57 Å². The molecule has 0 N–H and O–H groups in total. The molecular weight excluding hydrogens is 286 g/mol. The molecule has 1 amide bonds. The van der Waals surface area contributed by atoms with Gasteiger partial charge in [0.15, 0.2) is 5.82 Å². The lowest BCUT2D eigenvalue weighted by Gasteiger charge is -2.31. The topological polar surface area (TPSA) is 77.6 Å². The van der Waals surface area contributed by atoms with Crippen LogP contribution in [0, 0.1) is 0 Å². The number of carbonyl (C=O) groups is 1. The lowest BCUT2D eigenvalue weighted by atomic mass is 10.2. The van der Waals surface area contributed by atoms with Crippen LogP contribution < -0.4 is 5.76 Å². The second-order valence-electron chi connectivity index (χ2n) is 5.25. The van der Waals surface area contributed by atoms with Gasteiger partial charge in [-0.1, -0.05) is 35.5 Å². The number of rotatable bonds is 3. The fraction of sp³-hybridized carbons (Fsp3) is 0.400. The van der Waals surface area contributed by atoms with E-state index in [0.29, 0.717) is 25.5 Å². The highest BCUT2D eigenvalue weighted by Crippen LogP contribution is 2.15. The molecule has 7 heteroatoms. The fourth-order valence-electron chi connectivity index (χ4n) is 2.48. The number of ether oxygens (including phenoxy) is 1. The van der Waals surface area contributed by atoms with Gasteiger partial charge in [-0.25, -0.2) is 9.36 Å². The first kappa shape index (κ1) is 14.5. The number of aromatic nitrogens is 2. The quantitative estimate of drug-likeness (QED) is 0.836. The summed E-state index contributed by atoms with van der Waals surface area (Å²) in [4.78, 5) is 25.9. The Hall–Kier alpha value is -2.41. The van der Waals surface area contributed by atoms with Gasteiger partial charge in [0.05, 0.1) is 12.7 Å². The number of morpholine rings is 1. The Labute approximate surface area is 127 Å². The first-order valence-electron chi connectivity index (χ1n) is 7.16. The van der Waals surface area contributed by atoms with E-state index in [4.69, 9.17) is 9.26 Å². The van der Waals surface area contributed by atoms with Crippen molar-refractivity contribution in [3.63, 3.8) is 0 Å². The van der Waals surface area contributed by atoms with Crippen molar-refractivity contribution in [2.24, 2.45) is 0 Å². The Kier molecular flexibility index (Phi) is 4.06. The molecule has 1 aromatic heterocycles. The summed E-state index contributed by atoms with van der Waals surface area (Å²) in [6.45, 7) is 3.40. The predicted molar refractivity (Wildman–Crippen MR) is 78.2 cm³/mol. The number of benzene rings is 1. The molecule has 1 saturated heterocycles. The molecule has 1 aliphatic rings. The summed E-state index contributed by atoms with van der Waals surface area (Å²) in [5, 5.41) is 3.78. The Bertz CT molecular complexity index is 707. The standard InChI is InChI=1S/C15H17N3O4/c1-11-9-17(7-8-21-11)13(19)10-18-14(16-22-15(18)20)12-5-3-2-4-6-12/h2-6,11H,7-10H2,1H3/t11-/m0/s1. The molecule has 0 unspecified atom stereocenters. The number of carbonyl (C=O) groups excluding carboxylic acids is 1. The Morgan fingerprint density at radius 3 is 2.86 bits per heavy atom. The molecule has 1 atom stereocenters. The first-order valence-corrected chi connectivity index (χ1v) is 7.16. The lowest BCUT2D eigenvalue weighted by molar-refractivity contribution is -0.138. The van der Waals surface area contributed by atoms with Crippen LogP contribution in [0.5, 0.6) is 0 Å². The minimum atomic E-state index is -0.631. The van der Waals surface area contributed by atoms with Crippen molar-refractivity contribution in [3.8, 4) is 11.4 Å². The van der Waals surface area contributed by atoms with E-state index in [0.717, 1.165) is 5.56 Å². The maximum atomic E-state index is 12.4. The molecule has 0 saturated carbocycles. The molecular formula is C15H17N3O4. The third-order valence-electron chi connectivity index (χ3n) is 3.61. The van der Waals surface area contributed by atoms with Crippen LogP contribution in [0.3, 0.4) is 0 Å². The molecule has 0 bridgehead atoms. The zero-order valence-electron chi connectivity index (χ0n) is 12.3. The molecule has 2 heterocycles. The maximum absolute atomic E-state index is 12.4. The van der Waals surface area contributed by atoms with E-state index in [1.807, 2.05) is 37.3 Å². The van der Waals surface area contributed by atoms with Crippen molar-refractivity contribution in [1.82, 2.24) is 14.6 Å². The van der Waals surface area contributed by atoms with Crippen molar-refractivity contribution in [2.75, 3.05) is 19.7 Å². The summed E-state index contributed by atoms with van der Waals surface area (Å²) < 4.78 is 11.4. The molecule has 22 heavy (non-hydrogen) atoms. The van der Waals surface area contributed by atoms with Gasteiger partial charge in [-0.2, -0.15) is 0 Å². The van der Waals surface area contributed by atoms with Crippen LogP contribution in [0.1, 0.15) is 6.92 Å². The summed E-state index contributed by atoms with van der Waals surface area (Å²) in [6.07, 6.45) is 0.00508. The average Bonchev–Trinajstić information content (AvgIpc) is 2.89. The number of hydrogen-bond acceptors (Lipinski definition) is 5. The fourth-order valence-corrected chi connectivity index (χ4v) is 2.48. The number of hydrogen-bond donors (Lipinski definition) is 0. The van der Waals surface area contributed by atoms with Gasteiger partial charge in [0.2, 0.25) is 5.91 Å². The van der Waals surface area contributed by atoms with E-state index < -0.39 is 5.76 Å². The normalized spacial score (nSPS) is 18.4.